The molecule has 1 aliphatic carbocycles. The summed E-state index contributed by atoms with van der Waals surface area (Å²) in [6.45, 7) is 12.8. The van der Waals surface area contributed by atoms with Crippen molar-refractivity contribution in [2.45, 2.75) is 95.4 Å². The highest BCUT2D eigenvalue weighted by atomic mass is 35.5. The van der Waals surface area contributed by atoms with E-state index >= 15 is 0 Å². The predicted molar refractivity (Wildman–Crippen MR) is 161 cm³/mol. The van der Waals surface area contributed by atoms with Crippen LogP contribution in [0.15, 0.2) is 40.2 Å². The van der Waals surface area contributed by atoms with Gasteiger partial charge in [0.05, 0.1) is 10.8 Å². The lowest BCUT2D eigenvalue weighted by molar-refractivity contribution is 0.0539. The number of likely N-dealkylation sites (tertiary alicyclic amines) is 1. The molecule has 1 atom stereocenters. The topological polar surface area (TPSA) is 80.1 Å². The van der Waals surface area contributed by atoms with Crippen LogP contribution in [0.2, 0.25) is 5.02 Å². The molecule has 2 fully saturated rings. The van der Waals surface area contributed by atoms with E-state index in [9.17, 15) is 9.00 Å². The van der Waals surface area contributed by atoms with Gasteiger partial charge in [-0.15, -0.1) is 0 Å². The molecule has 0 radical (unpaired) electrons. The normalized spacial score (nSPS) is 19.3. The van der Waals surface area contributed by atoms with Crippen LogP contribution >= 0.6 is 11.6 Å². The molecule has 1 saturated heterocycles. The van der Waals surface area contributed by atoms with Gasteiger partial charge in [-0.2, -0.15) is 4.98 Å². The first kappa shape index (κ1) is 28.2. The summed E-state index contributed by atoms with van der Waals surface area (Å²) in [5.41, 5.74) is 2.57. The van der Waals surface area contributed by atoms with Crippen molar-refractivity contribution in [1.82, 2.24) is 19.4 Å². The first-order chi connectivity index (χ1) is 18.6. The molecule has 5 rings (SSSR count). The van der Waals surface area contributed by atoms with Crippen LogP contribution in [0.5, 0.6) is 0 Å². The third-order valence-electron chi connectivity index (χ3n) is 8.81. The van der Waals surface area contributed by atoms with Gasteiger partial charge < -0.3 is 10.2 Å². The van der Waals surface area contributed by atoms with Crippen LogP contribution in [-0.4, -0.2) is 48.0 Å². The summed E-state index contributed by atoms with van der Waals surface area (Å²) in [6, 6.07) is 8.08. The van der Waals surface area contributed by atoms with Crippen molar-refractivity contribution in [3.8, 4) is 0 Å². The molecule has 2 aliphatic rings. The van der Waals surface area contributed by atoms with Gasteiger partial charge in [0, 0.05) is 39.5 Å². The van der Waals surface area contributed by atoms with E-state index in [1.807, 2.05) is 39.0 Å². The van der Waals surface area contributed by atoms with Gasteiger partial charge in [0.25, 0.3) is 5.56 Å². The fraction of sp³-hybridized carbons (Fsp3) is 0.567. The summed E-state index contributed by atoms with van der Waals surface area (Å²) in [6.07, 6.45) is 8.71. The van der Waals surface area contributed by atoms with Crippen molar-refractivity contribution in [2.75, 3.05) is 18.4 Å². The van der Waals surface area contributed by atoms with Crippen molar-refractivity contribution < 1.29 is 4.21 Å². The molecule has 3 aromatic rings. The van der Waals surface area contributed by atoms with Crippen LogP contribution in [0, 0.1) is 12.3 Å². The maximum atomic E-state index is 13.6. The lowest BCUT2D eigenvalue weighted by Gasteiger charge is -2.46. The van der Waals surface area contributed by atoms with Crippen molar-refractivity contribution in [3.05, 3.63) is 51.4 Å². The van der Waals surface area contributed by atoms with Crippen LogP contribution in [0.25, 0.3) is 11.0 Å². The summed E-state index contributed by atoms with van der Waals surface area (Å²) in [4.78, 5) is 25.2. The Bertz CT molecular complexity index is 1440. The Hall–Kier alpha value is -2.29. The summed E-state index contributed by atoms with van der Waals surface area (Å²) in [5, 5.41) is 4.38. The third kappa shape index (κ3) is 5.79. The van der Waals surface area contributed by atoms with Crippen LogP contribution in [0.4, 0.5) is 11.6 Å². The van der Waals surface area contributed by atoms with Crippen molar-refractivity contribution in [1.29, 1.82) is 0 Å². The molecule has 2 aromatic heterocycles. The summed E-state index contributed by atoms with van der Waals surface area (Å²) in [5.74, 6) is 0.400. The van der Waals surface area contributed by atoms with Gasteiger partial charge in [0.2, 0.25) is 5.95 Å². The average molecular weight is 570 g/mol. The molecule has 1 N–H and O–H groups in total. The quantitative estimate of drug-likeness (QED) is 0.359. The second-order valence-electron chi connectivity index (χ2n) is 12.0. The second-order valence-corrected chi connectivity index (χ2v) is 14.1. The van der Waals surface area contributed by atoms with E-state index in [0.717, 1.165) is 29.0 Å². The number of piperidine rings is 1. The first-order valence-electron chi connectivity index (χ1n) is 14.2. The van der Waals surface area contributed by atoms with Crippen molar-refractivity contribution >= 4 is 45.1 Å². The minimum atomic E-state index is -1.02. The van der Waals surface area contributed by atoms with E-state index in [0.29, 0.717) is 28.4 Å². The zero-order valence-corrected chi connectivity index (χ0v) is 25.2. The monoisotopic (exact) mass is 569 g/mol. The lowest BCUT2D eigenvalue weighted by atomic mass is 9.68. The van der Waals surface area contributed by atoms with E-state index in [1.165, 1.54) is 38.8 Å². The molecule has 0 bridgehead atoms. The predicted octanol–water partition coefficient (Wildman–Crippen LogP) is 6.62. The molecule has 1 spiro atoms. The molecule has 210 valence electrons. The zero-order valence-electron chi connectivity index (χ0n) is 23.7. The van der Waals surface area contributed by atoms with Crippen LogP contribution in [0.3, 0.4) is 0 Å². The van der Waals surface area contributed by atoms with Crippen LogP contribution in [-0.2, 0) is 10.8 Å². The highest BCUT2D eigenvalue weighted by Crippen LogP contribution is 2.46. The Labute approximate surface area is 238 Å². The average Bonchev–Trinajstić information content (AvgIpc) is 2.91. The molecule has 1 aliphatic heterocycles. The maximum Gasteiger partial charge on any atom is 0.271 e. The number of pyridine rings is 1. The van der Waals surface area contributed by atoms with Gasteiger partial charge in [-0.1, -0.05) is 11.6 Å². The minimum Gasteiger partial charge on any atom is -0.324 e. The number of nitrogens with one attached hydrogen (secondary N) is 1. The number of benzene rings is 1. The fourth-order valence-electron chi connectivity index (χ4n) is 6.27. The van der Waals surface area contributed by atoms with E-state index < -0.39 is 10.8 Å². The van der Waals surface area contributed by atoms with E-state index in [1.54, 1.807) is 16.8 Å². The van der Waals surface area contributed by atoms with Crippen molar-refractivity contribution in [3.63, 3.8) is 0 Å². The second kappa shape index (κ2) is 11.3. The number of hydrogen-bond acceptors (Lipinski definition) is 6. The minimum absolute atomic E-state index is 0.0973. The number of hydrogen-bond donors (Lipinski definition) is 1. The number of aryl methyl sites for hydroxylation is 1. The Morgan fingerprint density at radius 1 is 1.05 bits per heavy atom. The Morgan fingerprint density at radius 3 is 2.36 bits per heavy atom. The van der Waals surface area contributed by atoms with E-state index in [4.69, 9.17) is 11.6 Å². The molecule has 1 saturated carbocycles. The van der Waals surface area contributed by atoms with Gasteiger partial charge in [-0.05, 0) is 121 Å². The molecule has 1 aromatic carbocycles. The highest BCUT2D eigenvalue weighted by molar-refractivity contribution is 7.85. The molecule has 1 unspecified atom stereocenters. The zero-order chi connectivity index (χ0) is 27.9. The molecule has 39 heavy (non-hydrogen) atoms. The van der Waals surface area contributed by atoms with Crippen LogP contribution in [0.1, 0.15) is 77.8 Å². The Balaban J connectivity index is 1.27. The van der Waals surface area contributed by atoms with Gasteiger partial charge in [-0.25, -0.2) is 4.98 Å². The Morgan fingerprint density at radius 2 is 1.74 bits per heavy atom. The van der Waals surface area contributed by atoms with Gasteiger partial charge in [-0.3, -0.25) is 13.6 Å². The van der Waals surface area contributed by atoms with E-state index in [2.05, 4.69) is 34.0 Å². The van der Waals surface area contributed by atoms with E-state index in [-0.39, 0.29) is 21.9 Å². The fourth-order valence-corrected chi connectivity index (χ4v) is 8.03. The SMILES string of the molecule is Cc1cc(S(=O)C2CCC3(CC2)CCN(C(C)C)CC3)ccc1Nc1ncc2cc(Cl)c(=O)n(C(C)C)c2n1. The summed E-state index contributed by atoms with van der Waals surface area (Å²) < 4.78 is 15.1. The summed E-state index contributed by atoms with van der Waals surface area (Å²) >= 11 is 6.15. The maximum absolute atomic E-state index is 13.6. The number of aromatic nitrogens is 3. The standard InChI is InChI=1S/C30H40ClN5O2S/c1-19(2)35-14-12-30(13-15-35)10-8-23(9-11-30)39(38)24-6-7-26(21(5)16-24)33-29-32-18-22-17-25(31)28(37)36(20(3)4)27(22)34-29/h6-7,16-20,23H,8-15H2,1-5H3,(H,32,33,34). The number of nitrogens with zero attached hydrogens (tertiary/aromatic N) is 4. The molecule has 9 heteroatoms. The summed E-state index contributed by atoms with van der Waals surface area (Å²) in [7, 11) is -1.02. The van der Waals surface area contributed by atoms with Gasteiger partial charge >= 0.3 is 0 Å². The first-order valence-corrected chi connectivity index (χ1v) is 15.8. The van der Waals surface area contributed by atoms with Gasteiger partial charge in [0.15, 0.2) is 0 Å². The van der Waals surface area contributed by atoms with Gasteiger partial charge in [0.1, 0.15) is 10.7 Å². The molecular formula is C30H40ClN5O2S. The lowest BCUT2D eigenvalue weighted by Crippen LogP contribution is -2.45. The molecule has 7 nitrogen and oxygen atoms in total. The molecular weight excluding hydrogens is 530 g/mol. The Kier molecular flexibility index (Phi) is 8.18. The third-order valence-corrected chi connectivity index (χ3v) is 10.9. The molecule has 3 heterocycles. The number of anilines is 2. The molecule has 0 amide bonds. The number of rotatable bonds is 6. The number of fused-ring (bicyclic) bond motifs is 1. The number of halogens is 1. The highest BCUT2D eigenvalue weighted by Gasteiger charge is 2.39. The van der Waals surface area contributed by atoms with Crippen LogP contribution < -0.4 is 10.9 Å². The largest absolute Gasteiger partial charge is 0.324 e. The smallest absolute Gasteiger partial charge is 0.271 e. The van der Waals surface area contributed by atoms with Crippen molar-refractivity contribution in [2.24, 2.45) is 5.41 Å².